The van der Waals surface area contributed by atoms with Gasteiger partial charge in [-0.1, -0.05) is 18.2 Å². The monoisotopic (exact) mass is 537 g/mol. The lowest BCUT2D eigenvalue weighted by Gasteiger charge is -2.26. The second kappa shape index (κ2) is 13.6. The predicted octanol–water partition coefficient (Wildman–Crippen LogP) is -1.25. The molecule has 0 fully saturated rings. The molecule has 9 N–H and O–H groups in total. The Hall–Kier alpha value is -3.62. The van der Waals surface area contributed by atoms with E-state index in [0.29, 0.717) is 5.56 Å². The van der Waals surface area contributed by atoms with E-state index in [1.807, 2.05) is 18.2 Å². The molecule has 14 heteroatoms. The number of aliphatic hydroxyl groups is 1. The van der Waals surface area contributed by atoms with Crippen molar-refractivity contribution in [3.8, 4) is 0 Å². The number of benzene rings is 1. The highest BCUT2D eigenvalue weighted by atomic mass is 32.1. The van der Waals surface area contributed by atoms with Gasteiger partial charge in [0, 0.05) is 35.7 Å². The first-order chi connectivity index (χ1) is 17.4. The number of aromatic nitrogens is 1. The molecular formula is C23H31N5O8S. The normalized spacial score (nSPS) is 15.1. The molecule has 0 saturated carbocycles. The molecular weight excluding hydrogens is 506 g/mol. The van der Waals surface area contributed by atoms with Crippen molar-refractivity contribution in [3.05, 3.63) is 36.0 Å². The second-order valence-corrected chi connectivity index (χ2v) is 8.84. The summed E-state index contributed by atoms with van der Waals surface area (Å²) in [7, 11) is 0. The smallest absolute Gasteiger partial charge is 0.326 e. The summed E-state index contributed by atoms with van der Waals surface area (Å²) < 4.78 is 0. The number of amides is 3. The zero-order valence-electron chi connectivity index (χ0n) is 20.0. The van der Waals surface area contributed by atoms with Crippen LogP contribution in [0.3, 0.4) is 0 Å². The fourth-order valence-corrected chi connectivity index (χ4v) is 3.70. The molecule has 5 unspecified atom stereocenters. The molecule has 1 aromatic heterocycles. The number of aliphatic carboxylic acids is 2. The van der Waals surface area contributed by atoms with Crippen molar-refractivity contribution >= 4 is 53.2 Å². The number of nitrogens with two attached hydrogens (primary N) is 1. The molecule has 13 nitrogen and oxygen atoms in total. The van der Waals surface area contributed by atoms with Crippen LogP contribution in [0.25, 0.3) is 10.9 Å². The van der Waals surface area contributed by atoms with Crippen LogP contribution in [0.1, 0.15) is 25.3 Å². The Bertz CT molecular complexity index is 1140. The third-order valence-corrected chi connectivity index (χ3v) is 5.98. The first-order valence-electron chi connectivity index (χ1n) is 11.4. The van der Waals surface area contributed by atoms with Gasteiger partial charge >= 0.3 is 11.9 Å². The number of rotatable bonds is 14. The van der Waals surface area contributed by atoms with Crippen molar-refractivity contribution in [2.24, 2.45) is 5.73 Å². The number of thiol groups is 1. The molecule has 37 heavy (non-hydrogen) atoms. The molecule has 0 aliphatic rings. The van der Waals surface area contributed by atoms with Crippen LogP contribution in [0.5, 0.6) is 0 Å². The molecule has 3 amide bonds. The Balaban J connectivity index is 2.25. The zero-order valence-corrected chi connectivity index (χ0v) is 20.9. The third-order valence-electron chi connectivity index (χ3n) is 5.59. The van der Waals surface area contributed by atoms with Crippen molar-refractivity contribution < 1.29 is 39.3 Å². The first-order valence-corrected chi connectivity index (χ1v) is 12.0. The number of nitrogens with one attached hydrogen (secondary N) is 4. The lowest BCUT2D eigenvalue weighted by molar-refractivity contribution is -0.144. The minimum Gasteiger partial charge on any atom is -0.481 e. The average Bonchev–Trinajstić information content (AvgIpc) is 3.25. The number of aromatic amines is 1. The van der Waals surface area contributed by atoms with Crippen LogP contribution in [0, 0.1) is 0 Å². The second-order valence-electron chi connectivity index (χ2n) is 8.47. The average molecular weight is 538 g/mol. The van der Waals surface area contributed by atoms with E-state index in [4.69, 9.17) is 10.8 Å². The quantitative estimate of drug-likeness (QED) is 0.131. The molecule has 0 bridgehead atoms. The van der Waals surface area contributed by atoms with E-state index in [1.54, 1.807) is 12.3 Å². The molecule has 2 aromatic rings. The predicted molar refractivity (Wildman–Crippen MR) is 136 cm³/mol. The summed E-state index contributed by atoms with van der Waals surface area (Å²) in [5.74, 6) is -5.24. The topological polar surface area (TPSA) is 224 Å². The largest absolute Gasteiger partial charge is 0.481 e. The van der Waals surface area contributed by atoms with Gasteiger partial charge in [-0.15, -0.1) is 0 Å². The van der Waals surface area contributed by atoms with E-state index in [1.165, 1.54) is 6.92 Å². The number of H-pyrrole nitrogens is 1. The van der Waals surface area contributed by atoms with Gasteiger partial charge in [0.05, 0.1) is 12.1 Å². The number of hydrogen-bond acceptors (Lipinski definition) is 8. The molecule has 0 aliphatic heterocycles. The number of carbonyl (C=O) groups excluding carboxylic acids is 3. The van der Waals surface area contributed by atoms with Gasteiger partial charge < -0.3 is 42.0 Å². The Morgan fingerprint density at radius 3 is 2.24 bits per heavy atom. The van der Waals surface area contributed by atoms with Gasteiger partial charge in [-0.3, -0.25) is 19.2 Å². The summed E-state index contributed by atoms with van der Waals surface area (Å²) in [6.45, 7) is 1.21. The van der Waals surface area contributed by atoms with E-state index >= 15 is 0 Å². The van der Waals surface area contributed by atoms with Crippen molar-refractivity contribution in [2.45, 2.75) is 56.5 Å². The summed E-state index contributed by atoms with van der Waals surface area (Å²) in [6, 6.07) is 1.91. The number of para-hydroxylation sites is 1. The minimum atomic E-state index is -1.60. The maximum absolute atomic E-state index is 13.2. The summed E-state index contributed by atoms with van der Waals surface area (Å²) in [5, 5.41) is 36.1. The van der Waals surface area contributed by atoms with E-state index in [2.05, 4.69) is 33.6 Å². The highest BCUT2D eigenvalue weighted by molar-refractivity contribution is 7.80. The van der Waals surface area contributed by atoms with Crippen LogP contribution in [0.2, 0.25) is 0 Å². The van der Waals surface area contributed by atoms with Crippen LogP contribution >= 0.6 is 12.6 Å². The molecule has 0 radical (unpaired) electrons. The maximum atomic E-state index is 13.2. The Morgan fingerprint density at radius 1 is 1.00 bits per heavy atom. The number of aliphatic hydroxyl groups excluding tert-OH is 1. The highest BCUT2D eigenvalue weighted by Crippen LogP contribution is 2.19. The van der Waals surface area contributed by atoms with E-state index < -0.39 is 72.8 Å². The number of hydrogen-bond donors (Lipinski definition) is 9. The maximum Gasteiger partial charge on any atom is 0.326 e. The van der Waals surface area contributed by atoms with Crippen molar-refractivity contribution in [2.75, 3.05) is 5.75 Å². The zero-order chi connectivity index (χ0) is 27.7. The van der Waals surface area contributed by atoms with Crippen LogP contribution in [0.15, 0.2) is 30.5 Å². The van der Waals surface area contributed by atoms with Gasteiger partial charge in [-0.25, -0.2) is 4.79 Å². The van der Waals surface area contributed by atoms with Gasteiger partial charge in [0.25, 0.3) is 0 Å². The molecule has 2 rings (SSSR count). The SMILES string of the molecule is CC(O)C(NC(=O)C(Cc1c[nH]c2ccccc12)NC(=O)C(N)CS)C(=O)NC(CCC(=O)O)C(=O)O. The van der Waals surface area contributed by atoms with Crippen LogP contribution in [-0.4, -0.2) is 86.0 Å². The Kier molecular flexibility index (Phi) is 10.9. The Labute approximate surface area is 217 Å². The molecule has 202 valence electrons. The van der Waals surface area contributed by atoms with Crippen molar-refractivity contribution in [3.63, 3.8) is 0 Å². The molecule has 0 saturated heterocycles. The van der Waals surface area contributed by atoms with E-state index in [9.17, 15) is 34.2 Å². The summed E-state index contributed by atoms with van der Waals surface area (Å²) >= 11 is 3.99. The number of carboxylic acids is 2. The van der Waals surface area contributed by atoms with E-state index in [0.717, 1.165) is 10.9 Å². The summed E-state index contributed by atoms with van der Waals surface area (Å²) in [4.78, 5) is 63.7. The van der Waals surface area contributed by atoms with Crippen LogP contribution < -0.4 is 21.7 Å². The van der Waals surface area contributed by atoms with E-state index in [-0.39, 0.29) is 12.2 Å². The molecule has 1 heterocycles. The lowest BCUT2D eigenvalue weighted by Crippen LogP contribution is -2.60. The number of carbonyl (C=O) groups is 5. The first kappa shape index (κ1) is 29.6. The standard InChI is InChI=1S/C23H31N5O8S/c1-11(29)19(22(34)26-16(23(35)36)6-7-18(30)31)28-21(33)17(27-20(32)14(24)10-37)8-12-9-25-15-5-3-2-4-13(12)15/h2-5,9,11,14,16-17,19,25,29,37H,6-8,10,24H2,1H3,(H,26,34)(H,27,32)(H,28,33)(H,30,31)(H,35,36). The van der Waals surface area contributed by atoms with Crippen molar-refractivity contribution in [1.29, 1.82) is 0 Å². The van der Waals surface area contributed by atoms with Gasteiger partial charge in [-0.2, -0.15) is 12.6 Å². The third kappa shape index (κ3) is 8.48. The summed E-state index contributed by atoms with van der Waals surface area (Å²) in [5.41, 5.74) is 7.22. The van der Waals surface area contributed by atoms with Gasteiger partial charge in [0.1, 0.15) is 18.1 Å². The Morgan fingerprint density at radius 2 is 1.65 bits per heavy atom. The fourth-order valence-electron chi connectivity index (χ4n) is 3.54. The van der Waals surface area contributed by atoms with Gasteiger partial charge in [0.2, 0.25) is 17.7 Å². The number of fused-ring (bicyclic) bond motifs is 1. The summed E-state index contributed by atoms with van der Waals surface area (Å²) in [6.07, 6.45) is -0.702. The highest BCUT2D eigenvalue weighted by Gasteiger charge is 2.33. The van der Waals surface area contributed by atoms with Gasteiger partial charge in [0.15, 0.2) is 0 Å². The molecule has 1 aromatic carbocycles. The van der Waals surface area contributed by atoms with Gasteiger partial charge in [-0.05, 0) is 25.0 Å². The number of carboxylic acid groups (broad SMARTS) is 2. The molecule has 0 spiro atoms. The van der Waals surface area contributed by atoms with Crippen LogP contribution in [0.4, 0.5) is 0 Å². The minimum absolute atomic E-state index is 0.00535. The van der Waals surface area contributed by atoms with Crippen LogP contribution in [-0.2, 0) is 30.4 Å². The fraction of sp³-hybridized carbons (Fsp3) is 0.435. The van der Waals surface area contributed by atoms with Crippen molar-refractivity contribution in [1.82, 2.24) is 20.9 Å². The molecule has 0 aliphatic carbocycles. The lowest BCUT2D eigenvalue weighted by atomic mass is 10.0. The molecule has 5 atom stereocenters.